The molecule has 0 saturated heterocycles. The molecule has 1 aromatic rings. The fraction of sp³-hybridized carbons (Fsp3) is 0.353. The van der Waals surface area contributed by atoms with Crippen LogP contribution in [0.25, 0.3) is 0 Å². The Labute approximate surface area is 144 Å². The third kappa shape index (κ3) is 3.73. The van der Waals surface area contributed by atoms with Crippen LogP contribution in [0.1, 0.15) is 33.1 Å². The normalized spacial score (nSPS) is 14.2. The molecule has 2 rings (SSSR count). The lowest BCUT2D eigenvalue weighted by atomic mass is 10.0. The number of ether oxygens (including phenoxy) is 1. The van der Waals surface area contributed by atoms with Crippen LogP contribution in [-0.4, -0.2) is 29.3 Å². The second kappa shape index (κ2) is 7.69. The number of esters is 1. The minimum Gasteiger partial charge on any atom is -0.466 e. The number of nitro benzene ring substituents is 1. The van der Waals surface area contributed by atoms with Crippen LogP contribution in [0.5, 0.6) is 0 Å². The van der Waals surface area contributed by atoms with E-state index in [0.717, 1.165) is 4.90 Å². The molecule has 0 atom stereocenters. The highest BCUT2D eigenvalue weighted by molar-refractivity contribution is 6.33. The predicted molar refractivity (Wildman–Crippen MR) is 88.8 cm³/mol. The van der Waals surface area contributed by atoms with Crippen molar-refractivity contribution in [3.8, 4) is 0 Å². The van der Waals surface area contributed by atoms with Crippen LogP contribution in [0.4, 0.5) is 11.4 Å². The van der Waals surface area contributed by atoms with E-state index in [9.17, 15) is 24.5 Å². The Balaban J connectivity index is 2.34. The molecule has 0 bridgehead atoms. The highest BCUT2D eigenvalue weighted by atomic mass is 16.6. The van der Waals surface area contributed by atoms with Crippen molar-refractivity contribution in [1.29, 1.82) is 0 Å². The molecule has 1 heterocycles. The molecular formula is C17H18N2O6. The topological polar surface area (TPSA) is 107 Å². The second-order valence-electron chi connectivity index (χ2n) is 5.41. The van der Waals surface area contributed by atoms with E-state index in [-0.39, 0.29) is 30.0 Å². The zero-order chi connectivity index (χ0) is 18.6. The molecule has 0 aliphatic carbocycles. The van der Waals surface area contributed by atoms with E-state index >= 15 is 0 Å². The van der Waals surface area contributed by atoms with Gasteiger partial charge in [-0.25, -0.2) is 4.90 Å². The number of rotatable bonds is 7. The van der Waals surface area contributed by atoms with Gasteiger partial charge in [0.05, 0.1) is 23.6 Å². The van der Waals surface area contributed by atoms with Gasteiger partial charge in [0.2, 0.25) is 0 Å². The minimum absolute atomic E-state index is 0.128. The SMILES string of the molecule is CCCC1=C(CC(=O)OCC)C(=O)N(c2ccc([N+](=O)[O-])cc2)C1=O. The maximum atomic E-state index is 12.7. The molecule has 0 N–H and O–H groups in total. The van der Waals surface area contributed by atoms with Gasteiger partial charge in [0.1, 0.15) is 0 Å². The quantitative estimate of drug-likeness (QED) is 0.325. The second-order valence-corrected chi connectivity index (χ2v) is 5.41. The van der Waals surface area contributed by atoms with E-state index in [1.165, 1.54) is 24.3 Å². The summed E-state index contributed by atoms with van der Waals surface area (Å²) in [6.07, 6.45) is 0.731. The van der Waals surface area contributed by atoms with Gasteiger partial charge < -0.3 is 4.74 Å². The maximum absolute atomic E-state index is 12.7. The molecule has 8 nitrogen and oxygen atoms in total. The fourth-order valence-corrected chi connectivity index (χ4v) is 2.62. The van der Waals surface area contributed by atoms with Crippen molar-refractivity contribution in [2.75, 3.05) is 11.5 Å². The lowest BCUT2D eigenvalue weighted by Gasteiger charge is -2.15. The minimum atomic E-state index is -0.588. The number of nitrogens with zero attached hydrogens (tertiary/aromatic N) is 2. The zero-order valence-corrected chi connectivity index (χ0v) is 14.0. The first-order chi connectivity index (χ1) is 11.9. The summed E-state index contributed by atoms with van der Waals surface area (Å²) in [6, 6.07) is 5.12. The van der Waals surface area contributed by atoms with Crippen molar-refractivity contribution >= 4 is 29.2 Å². The summed E-state index contributed by atoms with van der Waals surface area (Å²) in [5.41, 5.74) is 0.506. The van der Waals surface area contributed by atoms with Crippen LogP contribution in [0.15, 0.2) is 35.4 Å². The number of non-ortho nitro benzene ring substituents is 1. The summed E-state index contributed by atoms with van der Waals surface area (Å²) in [7, 11) is 0. The Morgan fingerprint density at radius 1 is 1.12 bits per heavy atom. The van der Waals surface area contributed by atoms with Gasteiger partial charge >= 0.3 is 5.97 Å². The molecule has 1 aliphatic heterocycles. The smallest absolute Gasteiger partial charge is 0.310 e. The van der Waals surface area contributed by atoms with E-state index in [2.05, 4.69) is 0 Å². The lowest BCUT2D eigenvalue weighted by Crippen LogP contribution is -2.31. The Morgan fingerprint density at radius 3 is 2.24 bits per heavy atom. The molecule has 25 heavy (non-hydrogen) atoms. The molecule has 0 radical (unpaired) electrons. The Kier molecular flexibility index (Phi) is 5.63. The summed E-state index contributed by atoms with van der Waals surface area (Å²) in [5.74, 6) is -1.66. The van der Waals surface area contributed by atoms with Gasteiger partial charge in [-0.2, -0.15) is 0 Å². The Bertz CT molecular complexity index is 751. The van der Waals surface area contributed by atoms with E-state index in [1.807, 2.05) is 6.92 Å². The maximum Gasteiger partial charge on any atom is 0.310 e. The third-order valence-electron chi connectivity index (χ3n) is 3.73. The van der Waals surface area contributed by atoms with Gasteiger partial charge in [0.25, 0.3) is 17.5 Å². The molecular weight excluding hydrogens is 328 g/mol. The van der Waals surface area contributed by atoms with Gasteiger partial charge in [0, 0.05) is 23.3 Å². The van der Waals surface area contributed by atoms with E-state index in [4.69, 9.17) is 4.74 Å². The predicted octanol–water partition coefficient (Wildman–Crippen LogP) is 2.52. The molecule has 1 aromatic carbocycles. The van der Waals surface area contributed by atoms with Crippen LogP contribution in [0, 0.1) is 10.1 Å². The summed E-state index contributed by atoms with van der Waals surface area (Å²) in [5, 5.41) is 10.7. The van der Waals surface area contributed by atoms with Crippen molar-refractivity contribution in [2.24, 2.45) is 0 Å². The highest BCUT2D eigenvalue weighted by Gasteiger charge is 2.39. The van der Waals surface area contributed by atoms with Gasteiger partial charge in [-0.1, -0.05) is 13.3 Å². The standard InChI is InChI=1S/C17H18N2O6/c1-3-5-13-14(10-15(20)25-4-2)17(22)18(16(13)21)11-6-8-12(9-7-11)19(23)24/h6-9H,3-5,10H2,1-2H3. The van der Waals surface area contributed by atoms with Gasteiger partial charge in [-0.15, -0.1) is 0 Å². The summed E-state index contributed by atoms with van der Waals surface area (Å²) in [4.78, 5) is 48.2. The van der Waals surface area contributed by atoms with Gasteiger partial charge in [-0.05, 0) is 25.5 Å². The van der Waals surface area contributed by atoms with E-state index in [1.54, 1.807) is 6.92 Å². The molecule has 8 heteroatoms. The molecule has 0 aromatic heterocycles. The number of carbonyl (C=O) groups excluding carboxylic acids is 3. The third-order valence-corrected chi connectivity index (χ3v) is 3.73. The lowest BCUT2D eigenvalue weighted by molar-refractivity contribution is -0.384. The Morgan fingerprint density at radius 2 is 1.72 bits per heavy atom. The van der Waals surface area contributed by atoms with Crippen LogP contribution >= 0.6 is 0 Å². The number of nitro groups is 1. The number of amides is 2. The molecule has 0 spiro atoms. The van der Waals surface area contributed by atoms with Gasteiger partial charge in [0.15, 0.2) is 0 Å². The Hall–Kier alpha value is -3.03. The van der Waals surface area contributed by atoms with E-state index in [0.29, 0.717) is 18.4 Å². The van der Waals surface area contributed by atoms with Crippen LogP contribution in [0.3, 0.4) is 0 Å². The number of anilines is 1. The summed E-state index contributed by atoms with van der Waals surface area (Å²) < 4.78 is 4.87. The highest BCUT2D eigenvalue weighted by Crippen LogP contribution is 2.32. The summed E-state index contributed by atoms with van der Waals surface area (Å²) in [6.45, 7) is 3.70. The molecule has 1 aliphatic rings. The number of imide groups is 1. The zero-order valence-electron chi connectivity index (χ0n) is 14.0. The summed E-state index contributed by atoms with van der Waals surface area (Å²) >= 11 is 0. The van der Waals surface area contributed by atoms with Crippen molar-refractivity contribution in [2.45, 2.75) is 33.1 Å². The van der Waals surface area contributed by atoms with E-state index < -0.39 is 22.7 Å². The molecule has 0 unspecified atom stereocenters. The first-order valence-corrected chi connectivity index (χ1v) is 7.91. The van der Waals surface area contributed by atoms with Crippen molar-refractivity contribution in [1.82, 2.24) is 0 Å². The number of carbonyl (C=O) groups is 3. The number of hydrogen-bond acceptors (Lipinski definition) is 6. The monoisotopic (exact) mass is 346 g/mol. The average Bonchev–Trinajstić information content (AvgIpc) is 2.80. The molecule has 2 amide bonds. The number of benzene rings is 1. The molecule has 0 fully saturated rings. The largest absolute Gasteiger partial charge is 0.466 e. The first kappa shape index (κ1) is 18.3. The van der Waals surface area contributed by atoms with Crippen LogP contribution in [-0.2, 0) is 19.1 Å². The van der Waals surface area contributed by atoms with Crippen molar-refractivity contribution in [3.05, 3.63) is 45.5 Å². The van der Waals surface area contributed by atoms with Gasteiger partial charge in [-0.3, -0.25) is 24.5 Å². The first-order valence-electron chi connectivity index (χ1n) is 7.91. The van der Waals surface area contributed by atoms with Crippen molar-refractivity contribution < 1.29 is 24.0 Å². The van der Waals surface area contributed by atoms with Crippen LogP contribution in [0.2, 0.25) is 0 Å². The number of hydrogen-bond donors (Lipinski definition) is 0. The molecule has 0 saturated carbocycles. The molecule has 132 valence electrons. The fourth-order valence-electron chi connectivity index (χ4n) is 2.62. The van der Waals surface area contributed by atoms with Crippen molar-refractivity contribution in [3.63, 3.8) is 0 Å². The average molecular weight is 346 g/mol. The van der Waals surface area contributed by atoms with Crippen LogP contribution < -0.4 is 4.90 Å².